The Bertz CT molecular complexity index is 588. The highest BCUT2D eigenvalue weighted by Gasteiger charge is 2.56. The number of aliphatic hydroxyl groups is 1. The van der Waals surface area contributed by atoms with Crippen LogP contribution in [0.15, 0.2) is 24.3 Å². The zero-order chi connectivity index (χ0) is 16.0. The molecule has 0 unspecified atom stereocenters. The highest BCUT2D eigenvalue weighted by Crippen LogP contribution is 2.47. The molecule has 0 saturated carbocycles. The molecule has 5 nitrogen and oxygen atoms in total. The maximum Gasteiger partial charge on any atom is 0.255 e. The normalized spacial score (nSPS) is 32.9. The van der Waals surface area contributed by atoms with Gasteiger partial charge in [0, 0.05) is 25.2 Å². The molecule has 3 aliphatic heterocycles. The molecule has 4 rings (SSSR count). The van der Waals surface area contributed by atoms with Crippen molar-refractivity contribution in [2.24, 2.45) is 11.8 Å². The van der Waals surface area contributed by atoms with Crippen LogP contribution in [0.5, 0.6) is 5.75 Å². The van der Waals surface area contributed by atoms with Crippen molar-refractivity contribution in [2.45, 2.75) is 38.0 Å². The number of carbonyl (C=O) groups is 1. The zero-order valence-corrected chi connectivity index (χ0v) is 13.4. The smallest absolute Gasteiger partial charge is 0.255 e. The third-order valence-corrected chi connectivity index (χ3v) is 5.80. The second kappa shape index (κ2) is 5.80. The minimum absolute atomic E-state index is 0.0210. The van der Waals surface area contributed by atoms with Crippen molar-refractivity contribution in [1.29, 1.82) is 0 Å². The number of hydrogen-bond acceptors (Lipinski definition) is 4. The molecule has 0 radical (unpaired) electrons. The fourth-order valence-corrected chi connectivity index (χ4v) is 4.73. The van der Waals surface area contributed by atoms with E-state index < -0.39 is 6.10 Å². The second-order valence-electron chi connectivity index (χ2n) is 7.04. The highest BCUT2D eigenvalue weighted by molar-refractivity contribution is 5.82. The van der Waals surface area contributed by atoms with E-state index >= 15 is 0 Å². The van der Waals surface area contributed by atoms with Crippen molar-refractivity contribution in [3.63, 3.8) is 0 Å². The molecule has 0 aliphatic carbocycles. The summed E-state index contributed by atoms with van der Waals surface area (Å²) in [6, 6.07) is 8.27. The number of amides is 1. The van der Waals surface area contributed by atoms with E-state index in [1.807, 2.05) is 36.1 Å². The maximum absolute atomic E-state index is 12.7. The van der Waals surface area contributed by atoms with Crippen LogP contribution in [-0.4, -0.2) is 53.8 Å². The summed E-state index contributed by atoms with van der Waals surface area (Å²) < 4.78 is 5.65. The predicted molar refractivity (Wildman–Crippen MR) is 86.2 cm³/mol. The average molecular weight is 316 g/mol. The molecule has 2 N–H and O–H groups in total. The molecule has 3 fully saturated rings. The first-order valence-corrected chi connectivity index (χ1v) is 8.56. The van der Waals surface area contributed by atoms with Crippen LogP contribution in [-0.2, 0) is 4.79 Å². The van der Waals surface area contributed by atoms with Crippen LogP contribution in [0.3, 0.4) is 0 Å². The Kier molecular flexibility index (Phi) is 3.77. The zero-order valence-electron chi connectivity index (χ0n) is 13.4. The number of para-hydroxylation sites is 1. The summed E-state index contributed by atoms with van der Waals surface area (Å²) in [4.78, 5) is 14.7. The third-order valence-electron chi connectivity index (χ3n) is 5.80. The lowest BCUT2D eigenvalue weighted by atomic mass is 9.82. The van der Waals surface area contributed by atoms with Gasteiger partial charge >= 0.3 is 0 Å². The Balaban J connectivity index is 1.40. The lowest BCUT2D eigenvalue weighted by Gasteiger charge is -2.27. The lowest BCUT2D eigenvalue weighted by molar-refractivity contribution is -0.143. The first-order valence-electron chi connectivity index (χ1n) is 8.56. The van der Waals surface area contributed by atoms with Crippen LogP contribution in [0.1, 0.15) is 18.4 Å². The fourth-order valence-electron chi connectivity index (χ4n) is 4.73. The van der Waals surface area contributed by atoms with Gasteiger partial charge in [0.25, 0.3) is 5.91 Å². The van der Waals surface area contributed by atoms with Crippen molar-refractivity contribution >= 4 is 5.91 Å². The van der Waals surface area contributed by atoms with Gasteiger partial charge in [-0.2, -0.15) is 0 Å². The van der Waals surface area contributed by atoms with E-state index in [-0.39, 0.29) is 12.5 Å². The number of fused-ring (bicyclic) bond motifs is 5. The van der Waals surface area contributed by atoms with Crippen molar-refractivity contribution < 1.29 is 14.6 Å². The predicted octanol–water partition coefficient (Wildman–Crippen LogP) is 0.944. The lowest BCUT2D eigenvalue weighted by Crippen LogP contribution is -2.46. The molecule has 3 heterocycles. The van der Waals surface area contributed by atoms with E-state index in [1.54, 1.807) is 0 Å². The van der Waals surface area contributed by atoms with Crippen LogP contribution in [0.4, 0.5) is 0 Å². The quantitative estimate of drug-likeness (QED) is 0.868. The Morgan fingerprint density at radius 1 is 1.30 bits per heavy atom. The summed E-state index contributed by atoms with van der Waals surface area (Å²) in [6.07, 6.45) is 1.07. The largest absolute Gasteiger partial charge is 0.490 e. The molecule has 2 bridgehead atoms. The van der Waals surface area contributed by atoms with Gasteiger partial charge in [-0.1, -0.05) is 18.2 Å². The van der Waals surface area contributed by atoms with Crippen LogP contribution < -0.4 is 10.1 Å². The number of carbonyl (C=O) groups excluding carboxylic acids is 1. The van der Waals surface area contributed by atoms with E-state index in [4.69, 9.17) is 4.74 Å². The fraction of sp³-hybridized carbons (Fsp3) is 0.611. The van der Waals surface area contributed by atoms with Gasteiger partial charge in [0.2, 0.25) is 0 Å². The standard InChI is InChI=1S/C18H24N2O3/c1-11-4-2-3-5-17(11)23-10-16(21)18(22)20-14-6-7-15(20)13-9-19-8-12(13)14/h2-5,12-16,19,21H,6-10H2,1H3/t12-,13+,14-,15+,16-/m0/s1. The van der Waals surface area contributed by atoms with Crippen LogP contribution in [0.2, 0.25) is 0 Å². The van der Waals surface area contributed by atoms with Crippen molar-refractivity contribution in [3.8, 4) is 5.75 Å². The molecule has 124 valence electrons. The van der Waals surface area contributed by atoms with Gasteiger partial charge in [0.15, 0.2) is 6.10 Å². The van der Waals surface area contributed by atoms with E-state index in [0.29, 0.717) is 23.9 Å². The summed E-state index contributed by atoms with van der Waals surface area (Å²) in [5.41, 5.74) is 1.01. The Hall–Kier alpha value is -1.59. The van der Waals surface area contributed by atoms with E-state index in [9.17, 15) is 9.90 Å². The summed E-state index contributed by atoms with van der Waals surface area (Å²) in [5, 5.41) is 13.8. The van der Waals surface area contributed by atoms with Crippen molar-refractivity contribution in [3.05, 3.63) is 29.8 Å². The van der Waals surface area contributed by atoms with Gasteiger partial charge in [-0.25, -0.2) is 0 Å². The van der Waals surface area contributed by atoms with E-state index in [0.717, 1.165) is 37.2 Å². The third kappa shape index (κ3) is 2.42. The number of rotatable bonds is 4. The molecule has 5 atom stereocenters. The van der Waals surface area contributed by atoms with Gasteiger partial charge < -0.3 is 20.1 Å². The number of benzene rings is 1. The Labute approximate surface area is 136 Å². The summed E-state index contributed by atoms with van der Waals surface area (Å²) >= 11 is 0. The summed E-state index contributed by atoms with van der Waals surface area (Å²) in [6.45, 7) is 3.99. The van der Waals surface area contributed by atoms with Crippen LogP contribution in [0, 0.1) is 18.8 Å². The molecular weight excluding hydrogens is 292 g/mol. The molecular formula is C18H24N2O3. The number of nitrogens with one attached hydrogen (secondary N) is 1. The average Bonchev–Trinajstić information content (AvgIpc) is 3.24. The Morgan fingerprint density at radius 2 is 1.96 bits per heavy atom. The number of aliphatic hydroxyl groups excluding tert-OH is 1. The molecule has 5 heteroatoms. The molecule has 1 aromatic rings. The molecule has 0 spiro atoms. The summed E-state index contributed by atoms with van der Waals surface area (Å²) in [7, 11) is 0. The molecule has 3 saturated heterocycles. The van der Waals surface area contributed by atoms with Gasteiger partial charge in [-0.15, -0.1) is 0 Å². The number of ether oxygens (including phenoxy) is 1. The topological polar surface area (TPSA) is 61.8 Å². The van der Waals surface area contributed by atoms with Crippen molar-refractivity contribution in [1.82, 2.24) is 10.2 Å². The van der Waals surface area contributed by atoms with E-state index in [1.165, 1.54) is 0 Å². The molecule has 1 aromatic carbocycles. The first-order chi connectivity index (χ1) is 11.2. The molecule has 23 heavy (non-hydrogen) atoms. The number of hydrogen-bond donors (Lipinski definition) is 2. The van der Waals surface area contributed by atoms with Crippen molar-refractivity contribution in [2.75, 3.05) is 19.7 Å². The van der Waals surface area contributed by atoms with Gasteiger partial charge in [0.05, 0.1) is 0 Å². The number of aryl methyl sites for hydroxylation is 1. The number of nitrogens with zero attached hydrogens (tertiary/aromatic N) is 1. The van der Waals surface area contributed by atoms with Crippen LogP contribution in [0.25, 0.3) is 0 Å². The van der Waals surface area contributed by atoms with E-state index in [2.05, 4.69) is 5.32 Å². The SMILES string of the molecule is Cc1ccccc1OC[C@H](O)C(=O)N1[C@@H]2CC[C@H]1[C@H]1CNC[C@H]12. The molecule has 1 amide bonds. The highest BCUT2D eigenvalue weighted by atomic mass is 16.5. The monoisotopic (exact) mass is 316 g/mol. The molecule has 0 aromatic heterocycles. The minimum Gasteiger partial charge on any atom is -0.490 e. The van der Waals surface area contributed by atoms with Gasteiger partial charge in [-0.3, -0.25) is 4.79 Å². The Morgan fingerprint density at radius 3 is 2.61 bits per heavy atom. The summed E-state index contributed by atoms with van der Waals surface area (Å²) in [5.74, 6) is 1.72. The molecule has 3 aliphatic rings. The van der Waals surface area contributed by atoms with Crippen LogP contribution >= 0.6 is 0 Å². The minimum atomic E-state index is -1.08. The van der Waals surface area contributed by atoms with Gasteiger partial charge in [-0.05, 0) is 43.2 Å². The maximum atomic E-state index is 12.7. The second-order valence-corrected chi connectivity index (χ2v) is 7.04. The first kappa shape index (κ1) is 15.0. The van der Waals surface area contributed by atoms with Gasteiger partial charge in [0.1, 0.15) is 12.4 Å².